The Morgan fingerprint density at radius 3 is 2.81 bits per heavy atom. The number of para-hydroxylation sites is 1. The lowest BCUT2D eigenvalue weighted by molar-refractivity contribution is 0.0948. The van der Waals surface area contributed by atoms with Crippen LogP contribution in [0.1, 0.15) is 21.9 Å². The molecule has 5 heteroatoms. The summed E-state index contributed by atoms with van der Waals surface area (Å²) < 4.78 is 1.21. The summed E-state index contributed by atoms with van der Waals surface area (Å²) in [6, 6.07) is 13.4. The van der Waals surface area contributed by atoms with E-state index in [1.165, 1.54) is 4.70 Å². The highest BCUT2D eigenvalue weighted by atomic mass is 32.1. The van der Waals surface area contributed by atoms with Crippen molar-refractivity contribution >= 4 is 27.5 Å². The number of hydrogen-bond donors (Lipinski definition) is 1. The largest absolute Gasteiger partial charge is 0.351 e. The minimum absolute atomic E-state index is 0.125. The van der Waals surface area contributed by atoms with E-state index in [1.54, 1.807) is 29.7 Å². The Labute approximate surface area is 126 Å². The van der Waals surface area contributed by atoms with E-state index in [4.69, 9.17) is 0 Å². The molecule has 1 N–H and O–H groups in total. The maximum Gasteiger partial charge on any atom is 0.269 e. The summed E-state index contributed by atoms with van der Waals surface area (Å²) in [5.74, 6) is -0.125. The van der Waals surface area contributed by atoms with Gasteiger partial charge in [-0.25, -0.2) is 4.98 Å². The minimum Gasteiger partial charge on any atom is -0.351 e. The molecule has 21 heavy (non-hydrogen) atoms. The second-order valence-electron chi connectivity index (χ2n) is 4.65. The van der Waals surface area contributed by atoms with Crippen molar-refractivity contribution in [2.24, 2.45) is 0 Å². The van der Waals surface area contributed by atoms with Crippen LogP contribution in [-0.2, 0) is 6.42 Å². The molecule has 0 aliphatic heterocycles. The van der Waals surface area contributed by atoms with E-state index in [-0.39, 0.29) is 5.91 Å². The van der Waals surface area contributed by atoms with Crippen LogP contribution in [-0.4, -0.2) is 22.4 Å². The van der Waals surface area contributed by atoms with Gasteiger partial charge < -0.3 is 5.32 Å². The molecule has 0 fully saturated rings. The second kappa shape index (κ2) is 6.45. The van der Waals surface area contributed by atoms with Crippen LogP contribution < -0.4 is 5.32 Å². The number of aromatic nitrogens is 2. The predicted octanol–water partition coefficient (Wildman–Crippen LogP) is 3.05. The lowest BCUT2D eigenvalue weighted by Crippen LogP contribution is -2.25. The number of carbonyl (C=O) groups excluding carboxylic acids is 1. The van der Waals surface area contributed by atoms with Crippen LogP contribution in [0.15, 0.2) is 48.7 Å². The van der Waals surface area contributed by atoms with Gasteiger partial charge >= 0.3 is 0 Å². The molecule has 0 bridgehead atoms. The fourth-order valence-corrected chi connectivity index (χ4v) is 3.07. The topological polar surface area (TPSA) is 54.9 Å². The molecule has 106 valence electrons. The van der Waals surface area contributed by atoms with Crippen molar-refractivity contribution in [3.63, 3.8) is 0 Å². The zero-order valence-corrected chi connectivity index (χ0v) is 12.3. The summed E-state index contributed by atoms with van der Waals surface area (Å²) in [7, 11) is 0. The molecule has 1 aromatic carbocycles. The summed E-state index contributed by atoms with van der Waals surface area (Å²) >= 11 is 1.72. The third-order valence-corrected chi connectivity index (χ3v) is 4.18. The smallest absolute Gasteiger partial charge is 0.269 e. The van der Waals surface area contributed by atoms with Gasteiger partial charge in [-0.1, -0.05) is 18.2 Å². The van der Waals surface area contributed by atoms with Crippen molar-refractivity contribution in [3.05, 3.63) is 59.4 Å². The van der Waals surface area contributed by atoms with Gasteiger partial charge in [0.05, 0.1) is 15.2 Å². The van der Waals surface area contributed by atoms with Crippen LogP contribution in [0.25, 0.3) is 10.2 Å². The summed E-state index contributed by atoms with van der Waals surface area (Å²) in [5.41, 5.74) is 1.51. The molecule has 0 atom stereocenters. The molecule has 2 heterocycles. The first-order chi connectivity index (χ1) is 10.3. The van der Waals surface area contributed by atoms with E-state index in [1.807, 2.05) is 24.3 Å². The van der Waals surface area contributed by atoms with Gasteiger partial charge in [0.2, 0.25) is 0 Å². The fourth-order valence-electron chi connectivity index (χ4n) is 2.06. The molecular weight excluding hydrogens is 282 g/mol. The summed E-state index contributed by atoms with van der Waals surface area (Å²) in [5, 5.41) is 3.99. The Kier molecular flexibility index (Phi) is 4.21. The van der Waals surface area contributed by atoms with Gasteiger partial charge in [-0.15, -0.1) is 11.3 Å². The molecule has 4 nitrogen and oxygen atoms in total. The number of nitrogens with zero attached hydrogens (tertiary/aromatic N) is 2. The molecule has 3 aromatic rings. The Bertz CT molecular complexity index is 706. The quantitative estimate of drug-likeness (QED) is 0.736. The summed E-state index contributed by atoms with van der Waals surface area (Å²) in [6.07, 6.45) is 3.37. The number of fused-ring (bicyclic) bond motifs is 1. The third kappa shape index (κ3) is 3.44. The van der Waals surface area contributed by atoms with Crippen LogP contribution in [0.5, 0.6) is 0 Å². The Balaban J connectivity index is 1.49. The SMILES string of the molecule is O=C(NCCCc1nc2ccccc2s1)c1ccccn1. The van der Waals surface area contributed by atoms with Crippen molar-refractivity contribution in [1.29, 1.82) is 0 Å². The van der Waals surface area contributed by atoms with E-state index in [0.717, 1.165) is 23.4 Å². The Morgan fingerprint density at radius 1 is 1.14 bits per heavy atom. The van der Waals surface area contributed by atoms with Gasteiger partial charge in [0, 0.05) is 19.2 Å². The molecule has 0 aliphatic carbocycles. The lowest BCUT2D eigenvalue weighted by Gasteiger charge is -2.03. The molecule has 0 aliphatic rings. The monoisotopic (exact) mass is 297 g/mol. The Morgan fingerprint density at radius 2 is 2.00 bits per heavy atom. The zero-order valence-electron chi connectivity index (χ0n) is 11.5. The van der Waals surface area contributed by atoms with Crippen LogP contribution >= 0.6 is 11.3 Å². The summed E-state index contributed by atoms with van der Waals surface area (Å²) in [6.45, 7) is 0.630. The number of thiazole rings is 1. The standard InChI is InChI=1S/C16H15N3OS/c20-16(13-7-3-4-10-17-13)18-11-5-9-15-19-12-6-1-2-8-14(12)21-15/h1-4,6-8,10H,5,9,11H2,(H,18,20). The highest BCUT2D eigenvalue weighted by Gasteiger charge is 2.06. The third-order valence-electron chi connectivity index (χ3n) is 3.09. The molecule has 0 unspecified atom stereocenters. The first-order valence-corrected chi connectivity index (χ1v) is 7.68. The van der Waals surface area contributed by atoms with Crippen LogP contribution in [0.4, 0.5) is 0 Å². The zero-order chi connectivity index (χ0) is 14.5. The molecule has 3 rings (SSSR count). The number of benzene rings is 1. The van der Waals surface area contributed by atoms with Crippen molar-refractivity contribution < 1.29 is 4.79 Å². The molecule has 0 saturated heterocycles. The van der Waals surface area contributed by atoms with Crippen LogP contribution in [0.3, 0.4) is 0 Å². The first kappa shape index (κ1) is 13.7. The van der Waals surface area contributed by atoms with Crippen molar-refractivity contribution in [3.8, 4) is 0 Å². The molecule has 2 aromatic heterocycles. The predicted molar refractivity (Wildman–Crippen MR) is 84.5 cm³/mol. The second-order valence-corrected chi connectivity index (χ2v) is 5.76. The van der Waals surface area contributed by atoms with Gasteiger partial charge in [0.1, 0.15) is 5.69 Å². The molecule has 1 amide bonds. The van der Waals surface area contributed by atoms with E-state index >= 15 is 0 Å². The number of rotatable bonds is 5. The van der Waals surface area contributed by atoms with Gasteiger partial charge in [0.15, 0.2) is 0 Å². The number of nitrogens with one attached hydrogen (secondary N) is 1. The number of pyridine rings is 1. The lowest BCUT2D eigenvalue weighted by atomic mass is 10.3. The minimum atomic E-state index is -0.125. The number of aryl methyl sites for hydroxylation is 1. The fraction of sp³-hybridized carbons (Fsp3) is 0.188. The highest BCUT2D eigenvalue weighted by molar-refractivity contribution is 7.18. The van der Waals surface area contributed by atoms with Crippen LogP contribution in [0, 0.1) is 0 Å². The first-order valence-electron chi connectivity index (χ1n) is 6.86. The Hall–Kier alpha value is -2.27. The van der Waals surface area contributed by atoms with Gasteiger partial charge in [0.25, 0.3) is 5.91 Å². The van der Waals surface area contributed by atoms with Gasteiger partial charge in [-0.3, -0.25) is 9.78 Å². The van der Waals surface area contributed by atoms with Crippen molar-refractivity contribution in [2.45, 2.75) is 12.8 Å². The van der Waals surface area contributed by atoms with Gasteiger partial charge in [-0.2, -0.15) is 0 Å². The number of carbonyl (C=O) groups is 1. The maximum atomic E-state index is 11.8. The number of hydrogen-bond acceptors (Lipinski definition) is 4. The van der Waals surface area contributed by atoms with E-state index in [9.17, 15) is 4.79 Å². The normalized spacial score (nSPS) is 10.7. The van der Waals surface area contributed by atoms with Gasteiger partial charge in [-0.05, 0) is 30.7 Å². The summed E-state index contributed by atoms with van der Waals surface area (Å²) in [4.78, 5) is 20.4. The molecule has 0 radical (unpaired) electrons. The molecular formula is C16H15N3OS. The van der Waals surface area contributed by atoms with Crippen molar-refractivity contribution in [2.75, 3.05) is 6.54 Å². The average molecular weight is 297 g/mol. The van der Waals surface area contributed by atoms with E-state index in [2.05, 4.69) is 21.4 Å². The average Bonchev–Trinajstić information content (AvgIpc) is 2.95. The number of amides is 1. The van der Waals surface area contributed by atoms with E-state index < -0.39 is 0 Å². The highest BCUT2D eigenvalue weighted by Crippen LogP contribution is 2.22. The van der Waals surface area contributed by atoms with Crippen LogP contribution in [0.2, 0.25) is 0 Å². The maximum absolute atomic E-state index is 11.8. The molecule has 0 saturated carbocycles. The molecule has 0 spiro atoms. The van der Waals surface area contributed by atoms with Crippen molar-refractivity contribution in [1.82, 2.24) is 15.3 Å². The van der Waals surface area contributed by atoms with E-state index in [0.29, 0.717) is 12.2 Å².